The number of nitrogens with zero attached hydrogens (tertiary/aromatic N) is 3. The molecule has 0 fully saturated rings. The van der Waals surface area contributed by atoms with Crippen molar-refractivity contribution in [3.05, 3.63) is 40.3 Å². The molecule has 1 aliphatic rings. The van der Waals surface area contributed by atoms with E-state index in [-0.39, 0.29) is 5.41 Å². The SMILES string of the molecule is CC(C)(C)c1nn2c(c1Br)NCC(c1ccncc1)C2. The van der Waals surface area contributed by atoms with Gasteiger partial charge in [-0.2, -0.15) is 5.10 Å². The van der Waals surface area contributed by atoms with E-state index in [4.69, 9.17) is 5.10 Å². The van der Waals surface area contributed by atoms with Crippen molar-refractivity contribution in [1.82, 2.24) is 14.8 Å². The molecule has 1 atom stereocenters. The summed E-state index contributed by atoms with van der Waals surface area (Å²) >= 11 is 3.69. The van der Waals surface area contributed by atoms with Crippen LogP contribution in [-0.4, -0.2) is 21.3 Å². The number of hydrogen-bond acceptors (Lipinski definition) is 3. The van der Waals surface area contributed by atoms with E-state index in [1.807, 2.05) is 12.4 Å². The molecule has 1 unspecified atom stereocenters. The van der Waals surface area contributed by atoms with Gasteiger partial charge < -0.3 is 5.32 Å². The number of aromatic nitrogens is 3. The third-order valence-electron chi connectivity index (χ3n) is 3.69. The van der Waals surface area contributed by atoms with Crippen LogP contribution in [0.1, 0.15) is 37.9 Å². The highest BCUT2D eigenvalue weighted by molar-refractivity contribution is 9.10. The summed E-state index contributed by atoms with van der Waals surface area (Å²) in [4.78, 5) is 4.08. The summed E-state index contributed by atoms with van der Waals surface area (Å²) in [7, 11) is 0. The van der Waals surface area contributed by atoms with Gasteiger partial charge in [0.25, 0.3) is 0 Å². The topological polar surface area (TPSA) is 42.7 Å². The Morgan fingerprint density at radius 3 is 2.65 bits per heavy atom. The van der Waals surface area contributed by atoms with Gasteiger partial charge in [0.15, 0.2) is 0 Å². The maximum Gasteiger partial charge on any atom is 0.139 e. The standard InChI is InChI=1S/C15H19BrN4/c1-15(2,3)13-12(16)14-18-8-11(9-20(14)19-13)10-4-6-17-7-5-10/h4-7,11,18H,8-9H2,1-3H3. The number of fused-ring (bicyclic) bond motifs is 1. The van der Waals surface area contributed by atoms with Crippen LogP contribution in [0.5, 0.6) is 0 Å². The lowest BCUT2D eigenvalue weighted by Gasteiger charge is -2.25. The van der Waals surface area contributed by atoms with Crippen LogP contribution in [0.25, 0.3) is 0 Å². The lowest BCUT2D eigenvalue weighted by atomic mass is 9.92. The Labute approximate surface area is 127 Å². The first-order valence-electron chi connectivity index (χ1n) is 6.87. The summed E-state index contributed by atoms with van der Waals surface area (Å²) in [5.74, 6) is 1.53. The zero-order valence-electron chi connectivity index (χ0n) is 12.0. The molecule has 0 saturated carbocycles. The van der Waals surface area contributed by atoms with Crippen LogP contribution in [0.4, 0.5) is 5.82 Å². The van der Waals surface area contributed by atoms with E-state index in [2.05, 4.69) is 63.8 Å². The van der Waals surface area contributed by atoms with Crippen molar-refractivity contribution in [1.29, 1.82) is 0 Å². The Morgan fingerprint density at radius 2 is 2.00 bits per heavy atom. The second-order valence-electron chi connectivity index (χ2n) is 6.30. The summed E-state index contributed by atoms with van der Waals surface area (Å²) < 4.78 is 3.18. The summed E-state index contributed by atoms with van der Waals surface area (Å²) in [5, 5.41) is 8.29. The van der Waals surface area contributed by atoms with E-state index >= 15 is 0 Å². The van der Waals surface area contributed by atoms with E-state index in [1.54, 1.807) is 0 Å². The van der Waals surface area contributed by atoms with E-state index in [9.17, 15) is 0 Å². The molecule has 3 heterocycles. The van der Waals surface area contributed by atoms with Crippen molar-refractivity contribution < 1.29 is 0 Å². The summed E-state index contributed by atoms with van der Waals surface area (Å²) in [5.41, 5.74) is 2.45. The fourth-order valence-electron chi connectivity index (χ4n) is 2.57. The molecular formula is C15H19BrN4. The molecule has 1 N–H and O–H groups in total. The van der Waals surface area contributed by atoms with Crippen molar-refractivity contribution in [2.45, 2.75) is 38.6 Å². The Bertz CT molecular complexity index is 613. The molecule has 2 aromatic rings. The zero-order chi connectivity index (χ0) is 14.3. The van der Waals surface area contributed by atoms with Gasteiger partial charge in [0.2, 0.25) is 0 Å². The lowest BCUT2D eigenvalue weighted by molar-refractivity contribution is 0.483. The maximum atomic E-state index is 4.79. The van der Waals surface area contributed by atoms with Crippen molar-refractivity contribution in [2.75, 3.05) is 11.9 Å². The van der Waals surface area contributed by atoms with Crippen molar-refractivity contribution >= 4 is 21.7 Å². The quantitative estimate of drug-likeness (QED) is 0.867. The van der Waals surface area contributed by atoms with Crippen LogP contribution in [0.15, 0.2) is 29.0 Å². The highest BCUT2D eigenvalue weighted by atomic mass is 79.9. The lowest BCUT2D eigenvalue weighted by Crippen LogP contribution is -2.26. The largest absolute Gasteiger partial charge is 0.369 e. The van der Waals surface area contributed by atoms with Crippen molar-refractivity contribution in [3.63, 3.8) is 0 Å². The third kappa shape index (κ3) is 2.35. The van der Waals surface area contributed by atoms with E-state index < -0.39 is 0 Å². The zero-order valence-corrected chi connectivity index (χ0v) is 13.6. The predicted molar refractivity (Wildman–Crippen MR) is 84.1 cm³/mol. The number of halogens is 1. The third-order valence-corrected chi connectivity index (χ3v) is 4.44. The highest BCUT2D eigenvalue weighted by Gasteiger charge is 2.29. The van der Waals surface area contributed by atoms with Crippen molar-refractivity contribution in [2.24, 2.45) is 0 Å². The minimum atomic E-state index is 0.0387. The molecule has 0 amide bonds. The van der Waals surface area contributed by atoms with E-state index in [0.29, 0.717) is 5.92 Å². The van der Waals surface area contributed by atoms with Gasteiger partial charge in [0.05, 0.1) is 16.7 Å². The van der Waals surface area contributed by atoms with Gasteiger partial charge in [0.1, 0.15) is 5.82 Å². The van der Waals surface area contributed by atoms with Gasteiger partial charge in [0, 0.05) is 30.3 Å². The first kappa shape index (κ1) is 13.6. The second kappa shape index (κ2) is 4.88. The number of nitrogens with one attached hydrogen (secondary N) is 1. The van der Waals surface area contributed by atoms with Gasteiger partial charge in [-0.3, -0.25) is 4.98 Å². The fraction of sp³-hybridized carbons (Fsp3) is 0.467. The number of hydrogen-bond donors (Lipinski definition) is 1. The molecule has 1 aliphatic heterocycles. The monoisotopic (exact) mass is 334 g/mol. The molecule has 0 saturated heterocycles. The van der Waals surface area contributed by atoms with Crippen LogP contribution in [-0.2, 0) is 12.0 Å². The molecule has 0 bridgehead atoms. The van der Waals surface area contributed by atoms with E-state index in [0.717, 1.165) is 29.1 Å². The van der Waals surface area contributed by atoms with Crippen LogP contribution >= 0.6 is 15.9 Å². The number of anilines is 1. The number of rotatable bonds is 1. The van der Waals surface area contributed by atoms with Gasteiger partial charge in [-0.1, -0.05) is 20.8 Å². The normalized spacial score (nSPS) is 18.5. The molecule has 106 valence electrons. The van der Waals surface area contributed by atoms with Gasteiger partial charge in [-0.05, 0) is 33.6 Å². The molecule has 2 aromatic heterocycles. The Kier molecular flexibility index (Phi) is 3.32. The minimum absolute atomic E-state index is 0.0387. The predicted octanol–water partition coefficient (Wildman–Crippen LogP) is 3.55. The van der Waals surface area contributed by atoms with Crippen molar-refractivity contribution in [3.8, 4) is 0 Å². The summed E-state index contributed by atoms with van der Waals surface area (Å²) in [6.07, 6.45) is 3.70. The fourth-order valence-corrected chi connectivity index (χ4v) is 3.59. The molecule has 0 aliphatic carbocycles. The Morgan fingerprint density at radius 1 is 1.30 bits per heavy atom. The van der Waals surface area contributed by atoms with E-state index in [1.165, 1.54) is 5.56 Å². The molecule has 0 aromatic carbocycles. The summed E-state index contributed by atoms with van der Waals surface area (Å²) in [6.45, 7) is 8.39. The number of pyridine rings is 1. The molecule has 4 nitrogen and oxygen atoms in total. The second-order valence-corrected chi connectivity index (χ2v) is 7.09. The first-order valence-corrected chi connectivity index (χ1v) is 7.66. The smallest absolute Gasteiger partial charge is 0.139 e. The Balaban J connectivity index is 1.93. The van der Waals surface area contributed by atoms with Crippen LogP contribution < -0.4 is 5.32 Å². The molecular weight excluding hydrogens is 316 g/mol. The average Bonchev–Trinajstić information content (AvgIpc) is 2.77. The maximum absolute atomic E-state index is 4.79. The van der Waals surface area contributed by atoms with Crippen LogP contribution in [0, 0.1) is 0 Å². The average molecular weight is 335 g/mol. The van der Waals surface area contributed by atoms with Crippen LogP contribution in [0.2, 0.25) is 0 Å². The minimum Gasteiger partial charge on any atom is -0.369 e. The highest BCUT2D eigenvalue weighted by Crippen LogP contribution is 2.37. The Hall–Kier alpha value is -1.36. The van der Waals surface area contributed by atoms with Gasteiger partial charge >= 0.3 is 0 Å². The first-order chi connectivity index (χ1) is 9.47. The van der Waals surface area contributed by atoms with Gasteiger partial charge in [-0.25, -0.2) is 4.68 Å². The molecule has 5 heteroatoms. The molecule has 3 rings (SSSR count). The van der Waals surface area contributed by atoms with Gasteiger partial charge in [-0.15, -0.1) is 0 Å². The summed E-state index contributed by atoms with van der Waals surface area (Å²) in [6, 6.07) is 4.17. The van der Waals surface area contributed by atoms with Crippen LogP contribution in [0.3, 0.4) is 0 Å². The molecule has 0 spiro atoms. The molecule has 0 radical (unpaired) electrons. The molecule has 20 heavy (non-hydrogen) atoms.